The minimum atomic E-state index is -1.30. The normalized spacial score (nSPS) is 31.5. The molecule has 2 heterocycles. The molecule has 124 valence electrons. The van der Waals surface area contributed by atoms with E-state index in [1.807, 2.05) is 44.2 Å². The molecule has 0 radical (unpaired) electrons. The molecule has 0 aromatic heterocycles. The van der Waals surface area contributed by atoms with E-state index < -0.39 is 40.2 Å². The van der Waals surface area contributed by atoms with E-state index in [-0.39, 0.29) is 6.61 Å². The number of nitrogens with zero attached hydrogens (tertiary/aromatic N) is 1. The van der Waals surface area contributed by atoms with Gasteiger partial charge in [-0.1, -0.05) is 30.3 Å². The van der Waals surface area contributed by atoms with Crippen LogP contribution in [0.5, 0.6) is 0 Å². The molecule has 6 nitrogen and oxygen atoms in total. The molecule has 1 aromatic carbocycles. The summed E-state index contributed by atoms with van der Waals surface area (Å²) in [6.07, 6.45) is 0. The van der Waals surface area contributed by atoms with Crippen molar-refractivity contribution in [3.8, 4) is 0 Å². The van der Waals surface area contributed by atoms with Gasteiger partial charge < -0.3 is 20.5 Å². The summed E-state index contributed by atoms with van der Waals surface area (Å²) < 4.78 is 4.88. The number of β-lactam (4-membered cyclic amide) rings is 1. The number of hydrogen-bond acceptors (Lipinski definition) is 6. The van der Waals surface area contributed by atoms with Crippen LogP contribution in [0.2, 0.25) is 0 Å². The van der Waals surface area contributed by atoms with Crippen molar-refractivity contribution in [2.24, 2.45) is 5.73 Å². The largest absolute Gasteiger partial charge is 0.459 e. The lowest BCUT2D eigenvalue weighted by atomic mass is 9.86. The van der Waals surface area contributed by atoms with Gasteiger partial charge in [0, 0.05) is 4.75 Å². The Morgan fingerprint density at radius 2 is 2.04 bits per heavy atom. The van der Waals surface area contributed by atoms with Crippen molar-refractivity contribution in [1.82, 2.24) is 4.90 Å². The molecule has 0 unspecified atom stereocenters. The van der Waals surface area contributed by atoms with Crippen molar-refractivity contribution >= 4 is 23.6 Å². The van der Waals surface area contributed by atoms with Crippen molar-refractivity contribution in [2.45, 2.75) is 42.2 Å². The number of ether oxygens (including phenoxy) is 1. The second kappa shape index (κ2) is 5.51. The van der Waals surface area contributed by atoms with Gasteiger partial charge in [-0.05, 0) is 19.4 Å². The minimum absolute atomic E-state index is 0.164. The fraction of sp³-hybridized carbons (Fsp3) is 0.500. The number of amides is 1. The first-order valence-corrected chi connectivity index (χ1v) is 8.30. The predicted octanol–water partition coefficient (Wildman–Crippen LogP) is 0.482. The zero-order valence-electron chi connectivity index (χ0n) is 13.1. The van der Waals surface area contributed by atoms with E-state index in [1.54, 1.807) is 0 Å². The number of benzene rings is 1. The Labute approximate surface area is 139 Å². The fourth-order valence-corrected chi connectivity index (χ4v) is 4.72. The standard InChI is InChI=1S/C16H20N2O4S/c1-15(2)11(12(20)22-8-10-6-4-3-5-7-10)18-13(21)16(17,9-19)14(18)23-15/h3-7,11,14,19H,8-9,17H2,1-2H3/t11-,14+,16+/m0/s1. The van der Waals surface area contributed by atoms with Crippen molar-refractivity contribution in [3.63, 3.8) is 0 Å². The van der Waals surface area contributed by atoms with Gasteiger partial charge in [0.25, 0.3) is 0 Å². The number of hydrogen-bond donors (Lipinski definition) is 2. The van der Waals surface area contributed by atoms with E-state index in [0.717, 1.165) is 5.56 Å². The summed E-state index contributed by atoms with van der Waals surface area (Å²) in [6, 6.07) is 8.68. The van der Waals surface area contributed by atoms with Crippen LogP contribution < -0.4 is 5.73 Å². The van der Waals surface area contributed by atoms with Gasteiger partial charge in [-0.2, -0.15) is 0 Å². The van der Waals surface area contributed by atoms with Gasteiger partial charge in [-0.15, -0.1) is 11.8 Å². The number of aliphatic hydroxyl groups excluding tert-OH is 1. The number of carbonyl (C=O) groups excluding carboxylic acids is 2. The molecule has 3 N–H and O–H groups in total. The maximum absolute atomic E-state index is 12.5. The van der Waals surface area contributed by atoms with E-state index >= 15 is 0 Å². The zero-order valence-corrected chi connectivity index (χ0v) is 13.9. The fourth-order valence-electron chi connectivity index (χ4n) is 3.09. The van der Waals surface area contributed by atoms with Crippen LogP contribution in [0, 0.1) is 0 Å². The molecule has 3 rings (SSSR count). The number of thioether (sulfide) groups is 1. The Kier molecular flexibility index (Phi) is 3.90. The van der Waals surface area contributed by atoms with Crippen LogP contribution in [0.15, 0.2) is 30.3 Å². The molecule has 2 aliphatic rings. The van der Waals surface area contributed by atoms with Crippen LogP contribution >= 0.6 is 11.8 Å². The van der Waals surface area contributed by atoms with Crippen molar-refractivity contribution in [2.75, 3.05) is 6.61 Å². The molecule has 0 spiro atoms. The van der Waals surface area contributed by atoms with Gasteiger partial charge >= 0.3 is 5.97 Å². The average Bonchev–Trinajstić information content (AvgIpc) is 2.82. The zero-order chi connectivity index (χ0) is 16.8. The number of nitrogens with two attached hydrogens (primary N) is 1. The molecule has 1 aromatic rings. The van der Waals surface area contributed by atoms with Crippen LogP contribution in [0.25, 0.3) is 0 Å². The maximum Gasteiger partial charge on any atom is 0.330 e. The van der Waals surface area contributed by atoms with Crippen LogP contribution in [0.1, 0.15) is 19.4 Å². The highest BCUT2D eigenvalue weighted by Gasteiger charge is 2.70. The number of esters is 1. The van der Waals surface area contributed by atoms with Crippen molar-refractivity contribution < 1.29 is 19.4 Å². The van der Waals surface area contributed by atoms with Crippen LogP contribution in [-0.4, -0.2) is 50.2 Å². The first kappa shape index (κ1) is 16.3. The number of rotatable bonds is 4. The Morgan fingerprint density at radius 1 is 1.39 bits per heavy atom. The smallest absolute Gasteiger partial charge is 0.330 e. The Bertz CT molecular complexity index is 636. The highest BCUT2D eigenvalue weighted by molar-refractivity contribution is 8.01. The molecule has 7 heteroatoms. The monoisotopic (exact) mass is 336 g/mol. The molecular weight excluding hydrogens is 316 g/mol. The van der Waals surface area contributed by atoms with E-state index in [1.165, 1.54) is 16.7 Å². The summed E-state index contributed by atoms with van der Waals surface area (Å²) in [5, 5.41) is 9.01. The van der Waals surface area contributed by atoms with Gasteiger partial charge in [-0.3, -0.25) is 4.79 Å². The highest BCUT2D eigenvalue weighted by atomic mass is 32.2. The first-order chi connectivity index (χ1) is 10.8. The summed E-state index contributed by atoms with van der Waals surface area (Å²) in [6.45, 7) is 3.50. The topological polar surface area (TPSA) is 92.9 Å². The maximum atomic E-state index is 12.5. The third-order valence-electron chi connectivity index (χ3n) is 4.39. The third kappa shape index (κ3) is 2.43. The summed E-state index contributed by atoms with van der Waals surface area (Å²) in [5.74, 6) is -0.841. The van der Waals surface area contributed by atoms with Crippen LogP contribution in [-0.2, 0) is 20.9 Å². The summed E-state index contributed by atoms with van der Waals surface area (Å²) >= 11 is 1.43. The molecule has 23 heavy (non-hydrogen) atoms. The predicted molar refractivity (Wildman–Crippen MR) is 86.3 cm³/mol. The molecule has 0 aliphatic carbocycles. The number of carbonyl (C=O) groups is 2. The summed E-state index contributed by atoms with van der Waals surface area (Å²) in [5.41, 5.74) is 5.56. The lowest BCUT2D eigenvalue weighted by Gasteiger charge is -2.50. The van der Waals surface area contributed by atoms with E-state index in [4.69, 9.17) is 10.5 Å². The lowest BCUT2D eigenvalue weighted by molar-refractivity contribution is -0.171. The van der Waals surface area contributed by atoms with Gasteiger partial charge in [0.05, 0.1) is 6.61 Å². The molecule has 2 fully saturated rings. The second-order valence-electron chi connectivity index (χ2n) is 6.48. The van der Waals surface area contributed by atoms with Crippen LogP contribution in [0.4, 0.5) is 0 Å². The molecule has 2 aliphatic heterocycles. The van der Waals surface area contributed by atoms with Crippen molar-refractivity contribution in [1.29, 1.82) is 0 Å². The first-order valence-electron chi connectivity index (χ1n) is 7.42. The molecular formula is C16H20N2O4S. The van der Waals surface area contributed by atoms with Crippen LogP contribution in [0.3, 0.4) is 0 Å². The van der Waals surface area contributed by atoms with Gasteiger partial charge in [0.1, 0.15) is 23.6 Å². The van der Waals surface area contributed by atoms with Crippen molar-refractivity contribution in [3.05, 3.63) is 35.9 Å². The Hall–Kier alpha value is -1.57. The second-order valence-corrected chi connectivity index (χ2v) is 8.21. The molecule has 2 saturated heterocycles. The summed E-state index contributed by atoms with van der Waals surface area (Å²) in [7, 11) is 0. The minimum Gasteiger partial charge on any atom is -0.459 e. The summed E-state index contributed by atoms with van der Waals surface area (Å²) in [4.78, 5) is 26.3. The highest BCUT2D eigenvalue weighted by Crippen LogP contribution is 2.54. The molecule has 0 saturated carbocycles. The Balaban J connectivity index is 1.74. The van der Waals surface area contributed by atoms with Gasteiger partial charge in [0.2, 0.25) is 5.91 Å². The Morgan fingerprint density at radius 3 is 2.65 bits per heavy atom. The lowest BCUT2D eigenvalue weighted by Crippen LogP contribution is -2.79. The molecule has 3 atom stereocenters. The van der Waals surface area contributed by atoms with Gasteiger partial charge in [0.15, 0.2) is 0 Å². The number of fused-ring (bicyclic) bond motifs is 1. The molecule has 1 amide bonds. The SMILES string of the molecule is CC1(C)S[C@H]2N(C(=O)[C@]2(N)CO)[C@H]1C(=O)OCc1ccccc1. The average molecular weight is 336 g/mol. The van der Waals surface area contributed by atoms with E-state index in [0.29, 0.717) is 0 Å². The van der Waals surface area contributed by atoms with E-state index in [2.05, 4.69) is 0 Å². The number of aliphatic hydroxyl groups is 1. The molecule has 0 bridgehead atoms. The van der Waals surface area contributed by atoms with E-state index in [9.17, 15) is 14.7 Å². The van der Waals surface area contributed by atoms with Gasteiger partial charge in [-0.25, -0.2) is 4.79 Å². The quantitative estimate of drug-likeness (QED) is 0.614. The third-order valence-corrected chi connectivity index (χ3v) is 6.09.